The summed E-state index contributed by atoms with van der Waals surface area (Å²) in [7, 11) is 0. The van der Waals surface area contributed by atoms with Crippen molar-refractivity contribution in [1.29, 1.82) is 0 Å². The van der Waals surface area contributed by atoms with Crippen LogP contribution < -0.4 is 0 Å². The second-order valence-corrected chi connectivity index (χ2v) is 10.6. The van der Waals surface area contributed by atoms with E-state index in [1.54, 1.807) is 0 Å². The number of para-hydroxylation sites is 1. The van der Waals surface area contributed by atoms with Gasteiger partial charge in [-0.3, -0.25) is 4.99 Å². The van der Waals surface area contributed by atoms with E-state index in [1.807, 2.05) is 0 Å². The van der Waals surface area contributed by atoms with Crippen LogP contribution in [0, 0.1) is 0 Å². The molecule has 0 saturated carbocycles. The molecule has 0 bridgehead atoms. The number of rotatable bonds is 20. The molecule has 2 nitrogen and oxygen atoms in total. The molecule has 0 N–H and O–H groups in total. The zero-order valence-corrected chi connectivity index (χ0v) is 25.0. The molecule has 0 spiro atoms. The molecule has 0 aromatic heterocycles. The highest BCUT2D eigenvalue weighted by atomic mass is 14.8. The lowest BCUT2D eigenvalue weighted by Crippen LogP contribution is -2.12. The third kappa shape index (κ3) is 13.4. The first-order valence-electron chi connectivity index (χ1n) is 15.7. The molecule has 0 aliphatic carbocycles. The Hall–Kier alpha value is -2.48. The smallest absolute Gasteiger partial charge is 0.0848 e. The minimum atomic E-state index is 0.964. The van der Waals surface area contributed by atoms with E-state index in [9.17, 15) is 0 Å². The van der Waals surface area contributed by atoms with E-state index in [0.717, 1.165) is 54.9 Å². The van der Waals surface area contributed by atoms with Crippen LogP contribution in [0.25, 0.3) is 0 Å². The van der Waals surface area contributed by atoms with Gasteiger partial charge in [-0.1, -0.05) is 122 Å². The first kappa shape index (κ1) is 31.7. The molecular weight excluding hydrogens is 460 g/mol. The van der Waals surface area contributed by atoms with Gasteiger partial charge < -0.3 is 0 Å². The van der Waals surface area contributed by atoms with Crippen LogP contribution in [0.5, 0.6) is 0 Å². The SMILES string of the molecule is CCCCCCCCCC/C=C/C(=Nc1ccccc1)C(CCCCCC)=Nc1cc(CC)cc(CC)c1. The molecule has 208 valence electrons. The minimum Gasteiger partial charge on any atom is -0.251 e. The summed E-state index contributed by atoms with van der Waals surface area (Å²) in [6.45, 7) is 9.01. The van der Waals surface area contributed by atoms with Gasteiger partial charge >= 0.3 is 0 Å². The van der Waals surface area contributed by atoms with Crippen molar-refractivity contribution in [1.82, 2.24) is 0 Å². The molecule has 2 aromatic carbocycles. The Labute approximate surface area is 234 Å². The van der Waals surface area contributed by atoms with Crippen LogP contribution in [0.3, 0.4) is 0 Å². The summed E-state index contributed by atoms with van der Waals surface area (Å²) >= 11 is 0. The van der Waals surface area contributed by atoms with Gasteiger partial charge in [0.2, 0.25) is 0 Å². The molecule has 0 radical (unpaired) electrons. The van der Waals surface area contributed by atoms with E-state index in [1.165, 1.54) is 81.8 Å². The van der Waals surface area contributed by atoms with Crippen LogP contribution in [0.15, 0.2) is 70.7 Å². The normalized spacial score (nSPS) is 12.5. The molecule has 0 heterocycles. The summed E-state index contributed by atoms with van der Waals surface area (Å²) in [5, 5.41) is 0. The van der Waals surface area contributed by atoms with E-state index in [-0.39, 0.29) is 0 Å². The number of unbranched alkanes of at least 4 members (excludes halogenated alkanes) is 11. The van der Waals surface area contributed by atoms with Crippen molar-refractivity contribution in [2.75, 3.05) is 0 Å². The lowest BCUT2D eigenvalue weighted by Gasteiger charge is -2.10. The molecule has 2 rings (SSSR count). The topological polar surface area (TPSA) is 24.7 Å². The van der Waals surface area contributed by atoms with Gasteiger partial charge in [0, 0.05) is 0 Å². The molecule has 38 heavy (non-hydrogen) atoms. The Morgan fingerprint density at radius 2 is 1.18 bits per heavy atom. The van der Waals surface area contributed by atoms with Gasteiger partial charge in [0.25, 0.3) is 0 Å². The number of aliphatic imine (C=N–C) groups is 2. The van der Waals surface area contributed by atoms with E-state index in [0.29, 0.717) is 0 Å². The first-order valence-corrected chi connectivity index (χ1v) is 15.7. The summed E-state index contributed by atoms with van der Waals surface area (Å²) in [6.07, 6.45) is 24.5. The minimum absolute atomic E-state index is 0.964. The monoisotopic (exact) mass is 514 g/mol. The molecular formula is C36H54N2. The number of hydrogen-bond donors (Lipinski definition) is 0. The van der Waals surface area contributed by atoms with Gasteiger partial charge in [-0.25, -0.2) is 4.99 Å². The molecule has 0 amide bonds. The molecule has 0 aliphatic rings. The fraction of sp³-hybridized carbons (Fsp3) is 0.556. The van der Waals surface area contributed by atoms with Crippen molar-refractivity contribution < 1.29 is 0 Å². The highest BCUT2D eigenvalue weighted by molar-refractivity contribution is 6.47. The van der Waals surface area contributed by atoms with Gasteiger partial charge in [0.05, 0.1) is 22.8 Å². The summed E-state index contributed by atoms with van der Waals surface area (Å²) < 4.78 is 0. The number of benzene rings is 2. The summed E-state index contributed by atoms with van der Waals surface area (Å²) in [5.74, 6) is 0. The quantitative estimate of drug-likeness (QED) is 0.124. The molecule has 0 aliphatic heterocycles. The summed E-state index contributed by atoms with van der Waals surface area (Å²) in [4.78, 5) is 10.4. The Morgan fingerprint density at radius 3 is 1.79 bits per heavy atom. The Morgan fingerprint density at radius 1 is 0.605 bits per heavy atom. The van der Waals surface area contributed by atoms with Gasteiger partial charge in [-0.05, 0) is 80.0 Å². The second kappa shape index (κ2) is 20.5. The molecule has 0 unspecified atom stereocenters. The van der Waals surface area contributed by atoms with Crippen molar-refractivity contribution >= 4 is 22.8 Å². The second-order valence-electron chi connectivity index (χ2n) is 10.6. The van der Waals surface area contributed by atoms with Crippen molar-refractivity contribution in [3.8, 4) is 0 Å². The standard InChI is InChI=1S/C36H54N2/c1-5-9-11-13-14-15-16-17-18-23-27-35(37-33-24-20-19-21-25-33)36(26-22-12-10-6-2)38-34-29-31(7-3)28-32(8-4)30-34/h19-21,23-25,27-30H,5-18,22,26H2,1-4H3/b27-23+,37-35?,38-36?. The van der Waals surface area contributed by atoms with Crippen LogP contribution in [-0.4, -0.2) is 11.4 Å². The third-order valence-electron chi connectivity index (χ3n) is 7.19. The van der Waals surface area contributed by atoms with Gasteiger partial charge in [0.1, 0.15) is 0 Å². The number of nitrogens with zero attached hydrogens (tertiary/aromatic N) is 2. The van der Waals surface area contributed by atoms with Crippen molar-refractivity contribution in [3.05, 3.63) is 71.8 Å². The van der Waals surface area contributed by atoms with Gasteiger partial charge in [-0.2, -0.15) is 0 Å². The van der Waals surface area contributed by atoms with E-state index >= 15 is 0 Å². The molecule has 2 aromatic rings. The van der Waals surface area contributed by atoms with E-state index in [2.05, 4.69) is 88.4 Å². The average Bonchev–Trinajstić information content (AvgIpc) is 2.95. The van der Waals surface area contributed by atoms with Crippen LogP contribution in [-0.2, 0) is 12.8 Å². The maximum Gasteiger partial charge on any atom is 0.0848 e. The van der Waals surface area contributed by atoms with Crippen molar-refractivity contribution in [2.24, 2.45) is 9.98 Å². The zero-order valence-electron chi connectivity index (χ0n) is 25.0. The van der Waals surface area contributed by atoms with E-state index in [4.69, 9.17) is 9.98 Å². The van der Waals surface area contributed by atoms with Gasteiger partial charge in [0.15, 0.2) is 0 Å². The predicted octanol–water partition coefficient (Wildman–Crippen LogP) is 11.7. The van der Waals surface area contributed by atoms with Crippen molar-refractivity contribution in [2.45, 2.75) is 130 Å². The Kier molecular flexibility index (Phi) is 17.1. The lowest BCUT2D eigenvalue weighted by molar-refractivity contribution is 0.577. The average molecular weight is 515 g/mol. The summed E-state index contributed by atoms with van der Waals surface area (Å²) in [6, 6.07) is 17.2. The predicted molar refractivity (Wildman–Crippen MR) is 171 cm³/mol. The van der Waals surface area contributed by atoms with Crippen LogP contribution >= 0.6 is 0 Å². The maximum absolute atomic E-state index is 5.27. The fourth-order valence-corrected chi connectivity index (χ4v) is 4.76. The van der Waals surface area contributed by atoms with Crippen LogP contribution in [0.4, 0.5) is 11.4 Å². The van der Waals surface area contributed by atoms with Gasteiger partial charge in [-0.15, -0.1) is 0 Å². The number of aryl methyl sites for hydroxylation is 2. The lowest BCUT2D eigenvalue weighted by atomic mass is 10.0. The molecule has 0 fully saturated rings. The maximum atomic E-state index is 5.27. The van der Waals surface area contributed by atoms with Crippen LogP contribution in [0.1, 0.15) is 129 Å². The first-order chi connectivity index (χ1) is 18.7. The zero-order chi connectivity index (χ0) is 27.3. The molecule has 0 atom stereocenters. The highest BCUT2D eigenvalue weighted by Gasteiger charge is 2.09. The largest absolute Gasteiger partial charge is 0.251 e. The van der Waals surface area contributed by atoms with Crippen molar-refractivity contribution in [3.63, 3.8) is 0 Å². The summed E-state index contributed by atoms with van der Waals surface area (Å²) in [5.41, 5.74) is 6.93. The third-order valence-corrected chi connectivity index (χ3v) is 7.19. The number of allylic oxidation sites excluding steroid dienone is 2. The number of hydrogen-bond acceptors (Lipinski definition) is 2. The fourth-order valence-electron chi connectivity index (χ4n) is 4.76. The van der Waals surface area contributed by atoms with E-state index < -0.39 is 0 Å². The Balaban J connectivity index is 2.24. The molecule has 2 heteroatoms. The Bertz CT molecular complexity index is 946. The molecule has 0 saturated heterocycles. The van der Waals surface area contributed by atoms with Crippen LogP contribution in [0.2, 0.25) is 0 Å². The highest BCUT2D eigenvalue weighted by Crippen LogP contribution is 2.22.